The minimum absolute atomic E-state index is 0.260. The molecule has 7 heteroatoms. The minimum Gasteiger partial charge on any atom is -0.381 e. The van der Waals surface area contributed by atoms with Crippen molar-refractivity contribution in [3.8, 4) is 0 Å². The number of guanidine groups is 1. The number of benzene rings is 1. The fourth-order valence-electron chi connectivity index (χ4n) is 3.20. The molecule has 0 unspecified atom stereocenters. The topological polar surface area (TPSA) is 71.0 Å². The van der Waals surface area contributed by atoms with Crippen molar-refractivity contribution in [3.63, 3.8) is 0 Å². The van der Waals surface area contributed by atoms with Crippen molar-refractivity contribution in [2.45, 2.75) is 38.0 Å². The molecule has 26 heavy (non-hydrogen) atoms. The van der Waals surface area contributed by atoms with Gasteiger partial charge in [0.05, 0.1) is 11.3 Å². The first-order chi connectivity index (χ1) is 12.3. The zero-order valence-electron chi connectivity index (χ0n) is 16.3. The summed E-state index contributed by atoms with van der Waals surface area (Å²) in [5, 5.41) is 3.28. The van der Waals surface area contributed by atoms with E-state index in [1.807, 2.05) is 31.0 Å². The van der Waals surface area contributed by atoms with Crippen molar-refractivity contribution in [2.24, 2.45) is 4.99 Å². The molecule has 1 aliphatic heterocycles. The van der Waals surface area contributed by atoms with Gasteiger partial charge in [0.2, 0.25) is 0 Å². The van der Waals surface area contributed by atoms with Gasteiger partial charge in [-0.15, -0.1) is 0 Å². The third-order valence-corrected chi connectivity index (χ3v) is 7.18. The van der Waals surface area contributed by atoms with Crippen LogP contribution in [-0.4, -0.2) is 63.6 Å². The zero-order chi connectivity index (χ0) is 19.2. The standard InChI is InChI=1S/C19H31N3O3S/c1-5-20-18(22(3)14-17-9-7-6-8-16(17)2)21-15-19(26(4,23)24)10-12-25-13-11-19/h6-9H,5,10-15H2,1-4H3,(H,20,21). The maximum atomic E-state index is 12.4. The highest BCUT2D eigenvalue weighted by atomic mass is 32.2. The molecule has 0 saturated carbocycles. The maximum Gasteiger partial charge on any atom is 0.194 e. The van der Waals surface area contributed by atoms with Crippen LogP contribution in [0.2, 0.25) is 0 Å². The number of nitrogens with one attached hydrogen (secondary N) is 1. The van der Waals surface area contributed by atoms with E-state index in [0.29, 0.717) is 32.6 Å². The zero-order valence-corrected chi connectivity index (χ0v) is 17.1. The fourth-order valence-corrected chi connectivity index (χ4v) is 4.40. The lowest BCUT2D eigenvalue weighted by Gasteiger charge is -2.34. The Morgan fingerprint density at radius 2 is 1.96 bits per heavy atom. The van der Waals surface area contributed by atoms with Gasteiger partial charge in [-0.3, -0.25) is 4.99 Å². The van der Waals surface area contributed by atoms with Crippen LogP contribution in [0.1, 0.15) is 30.9 Å². The molecule has 1 aliphatic rings. The molecule has 146 valence electrons. The fraction of sp³-hybridized carbons (Fsp3) is 0.632. The highest BCUT2D eigenvalue weighted by Gasteiger charge is 2.42. The summed E-state index contributed by atoms with van der Waals surface area (Å²) in [5.41, 5.74) is 2.46. The van der Waals surface area contributed by atoms with E-state index in [1.54, 1.807) is 0 Å². The number of sulfone groups is 1. The number of rotatable bonds is 6. The monoisotopic (exact) mass is 381 g/mol. The molecule has 1 fully saturated rings. The second-order valence-corrected chi connectivity index (χ2v) is 9.43. The first kappa shape index (κ1) is 20.7. The number of hydrogen-bond donors (Lipinski definition) is 1. The first-order valence-electron chi connectivity index (χ1n) is 9.10. The lowest BCUT2D eigenvalue weighted by atomic mass is 9.99. The summed E-state index contributed by atoms with van der Waals surface area (Å²) in [6.45, 7) is 6.75. The van der Waals surface area contributed by atoms with Crippen LogP contribution >= 0.6 is 0 Å². The maximum absolute atomic E-state index is 12.4. The molecule has 2 rings (SSSR count). The summed E-state index contributed by atoms with van der Waals surface area (Å²) in [4.78, 5) is 6.74. The van der Waals surface area contributed by atoms with E-state index in [1.165, 1.54) is 17.4 Å². The Labute approximate surface area is 157 Å². The Morgan fingerprint density at radius 3 is 2.54 bits per heavy atom. The van der Waals surface area contributed by atoms with E-state index < -0.39 is 14.6 Å². The summed E-state index contributed by atoms with van der Waals surface area (Å²) in [5.74, 6) is 0.727. The Bertz CT molecular complexity index is 725. The molecule has 0 spiro atoms. The van der Waals surface area contributed by atoms with Gasteiger partial charge >= 0.3 is 0 Å². The van der Waals surface area contributed by atoms with Crippen LogP contribution < -0.4 is 5.32 Å². The Kier molecular flexibility index (Phi) is 7.06. The van der Waals surface area contributed by atoms with Gasteiger partial charge in [-0.2, -0.15) is 0 Å². The van der Waals surface area contributed by atoms with Crippen molar-refractivity contribution < 1.29 is 13.2 Å². The van der Waals surface area contributed by atoms with Gasteiger partial charge in [-0.1, -0.05) is 24.3 Å². The van der Waals surface area contributed by atoms with Crippen LogP contribution in [0.5, 0.6) is 0 Å². The van der Waals surface area contributed by atoms with Gasteiger partial charge in [0, 0.05) is 39.6 Å². The smallest absolute Gasteiger partial charge is 0.194 e. The SMILES string of the molecule is CCNC(=NCC1(S(C)(=O)=O)CCOCC1)N(C)Cc1ccccc1C. The summed E-state index contributed by atoms with van der Waals surface area (Å²) in [6.07, 6.45) is 2.31. The van der Waals surface area contributed by atoms with E-state index in [9.17, 15) is 8.42 Å². The third kappa shape index (κ3) is 4.98. The number of hydrogen-bond acceptors (Lipinski definition) is 4. The van der Waals surface area contributed by atoms with Gasteiger partial charge in [-0.05, 0) is 37.8 Å². The number of ether oxygens (including phenoxy) is 1. The van der Waals surface area contributed by atoms with Crippen molar-refractivity contribution in [2.75, 3.05) is 39.6 Å². The van der Waals surface area contributed by atoms with E-state index in [0.717, 1.165) is 12.5 Å². The first-order valence-corrected chi connectivity index (χ1v) is 11.0. The summed E-state index contributed by atoms with van der Waals surface area (Å²) < 4.78 is 29.4. The molecule has 0 bridgehead atoms. The Morgan fingerprint density at radius 1 is 1.31 bits per heavy atom. The molecule has 0 atom stereocenters. The lowest BCUT2D eigenvalue weighted by Crippen LogP contribution is -2.47. The molecule has 1 heterocycles. The normalized spacial score (nSPS) is 17.8. The molecular formula is C19H31N3O3S. The van der Waals surface area contributed by atoms with Gasteiger partial charge in [0.1, 0.15) is 0 Å². The molecule has 6 nitrogen and oxygen atoms in total. The summed E-state index contributed by atoms with van der Waals surface area (Å²) in [7, 11) is -1.25. The molecule has 1 aromatic rings. The van der Waals surface area contributed by atoms with Crippen molar-refractivity contribution in [3.05, 3.63) is 35.4 Å². The minimum atomic E-state index is -3.22. The quantitative estimate of drug-likeness (QED) is 0.603. The van der Waals surface area contributed by atoms with E-state index in [2.05, 4.69) is 24.4 Å². The van der Waals surface area contributed by atoms with Crippen LogP contribution in [-0.2, 0) is 21.1 Å². The molecule has 1 N–H and O–H groups in total. The Balaban J connectivity index is 2.20. The van der Waals surface area contributed by atoms with Gasteiger partial charge < -0.3 is 15.0 Å². The molecule has 0 aliphatic carbocycles. The van der Waals surface area contributed by atoms with Crippen molar-refractivity contribution >= 4 is 15.8 Å². The van der Waals surface area contributed by atoms with Crippen LogP contribution in [0.25, 0.3) is 0 Å². The number of nitrogens with zero attached hydrogens (tertiary/aromatic N) is 2. The second-order valence-electron chi connectivity index (χ2n) is 7.02. The number of aliphatic imine (C=N–C) groups is 1. The molecule has 0 aromatic heterocycles. The second kappa shape index (κ2) is 8.86. The van der Waals surface area contributed by atoms with E-state index in [-0.39, 0.29) is 6.54 Å². The average Bonchev–Trinajstić information content (AvgIpc) is 2.60. The van der Waals surface area contributed by atoms with Crippen LogP contribution in [0, 0.1) is 6.92 Å². The predicted molar refractivity (Wildman–Crippen MR) is 106 cm³/mol. The van der Waals surface area contributed by atoms with E-state index in [4.69, 9.17) is 9.73 Å². The highest BCUT2D eigenvalue weighted by molar-refractivity contribution is 7.92. The molecule has 0 amide bonds. The average molecular weight is 382 g/mol. The Hall–Kier alpha value is -1.60. The summed E-state index contributed by atoms with van der Waals surface area (Å²) >= 11 is 0. The van der Waals surface area contributed by atoms with Crippen molar-refractivity contribution in [1.29, 1.82) is 0 Å². The van der Waals surface area contributed by atoms with Gasteiger partial charge in [0.25, 0.3) is 0 Å². The van der Waals surface area contributed by atoms with Crippen LogP contribution in [0.3, 0.4) is 0 Å². The predicted octanol–water partition coefficient (Wildman–Crippen LogP) is 1.99. The van der Waals surface area contributed by atoms with Crippen LogP contribution in [0.4, 0.5) is 0 Å². The van der Waals surface area contributed by atoms with E-state index >= 15 is 0 Å². The highest BCUT2D eigenvalue weighted by Crippen LogP contribution is 2.29. The lowest BCUT2D eigenvalue weighted by molar-refractivity contribution is 0.0767. The molecule has 0 radical (unpaired) electrons. The largest absolute Gasteiger partial charge is 0.381 e. The molecular weight excluding hydrogens is 350 g/mol. The van der Waals surface area contributed by atoms with Crippen molar-refractivity contribution in [1.82, 2.24) is 10.2 Å². The van der Waals surface area contributed by atoms with Gasteiger partial charge in [-0.25, -0.2) is 8.42 Å². The summed E-state index contributed by atoms with van der Waals surface area (Å²) in [6, 6.07) is 8.25. The number of aryl methyl sites for hydroxylation is 1. The molecule has 1 aromatic carbocycles. The van der Waals surface area contributed by atoms with Crippen LogP contribution in [0.15, 0.2) is 29.3 Å². The molecule has 1 saturated heterocycles. The third-order valence-electron chi connectivity index (χ3n) is 5.07. The van der Waals surface area contributed by atoms with Gasteiger partial charge in [0.15, 0.2) is 15.8 Å².